The highest BCUT2D eigenvalue weighted by molar-refractivity contribution is 5.97. The molecular formula is C27H33F2N3O. The number of benzene rings is 2. The number of hydrogen-bond donors (Lipinski definition) is 1. The van der Waals surface area contributed by atoms with Crippen LogP contribution >= 0.6 is 0 Å². The molecule has 3 aromatic rings. The van der Waals surface area contributed by atoms with Crippen LogP contribution in [0.25, 0.3) is 16.9 Å². The summed E-state index contributed by atoms with van der Waals surface area (Å²) in [5.74, 6) is -1.51. The van der Waals surface area contributed by atoms with Crippen LogP contribution in [0.15, 0.2) is 54.6 Å². The van der Waals surface area contributed by atoms with E-state index in [0.29, 0.717) is 17.0 Å². The number of nitrogens with zero attached hydrogens (tertiary/aromatic N) is 2. The van der Waals surface area contributed by atoms with E-state index in [2.05, 4.69) is 24.1 Å². The number of amides is 1. The molecule has 0 saturated carbocycles. The molecule has 0 aliphatic carbocycles. The quantitative estimate of drug-likeness (QED) is 0.411. The van der Waals surface area contributed by atoms with Gasteiger partial charge in [-0.15, -0.1) is 0 Å². The molecule has 1 atom stereocenters. The molecule has 1 unspecified atom stereocenters. The lowest BCUT2D eigenvalue weighted by molar-refractivity contribution is 0.0936. The van der Waals surface area contributed by atoms with Crippen LogP contribution in [0.3, 0.4) is 0 Å². The van der Waals surface area contributed by atoms with Crippen molar-refractivity contribution in [1.29, 1.82) is 0 Å². The predicted molar refractivity (Wildman–Crippen MR) is 130 cm³/mol. The second kappa shape index (κ2) is 11.2. The van der Waals surface area contributed by atoms with Gasteiger partial charge in [0.2, 0.25) is 0 Å². The van der Waals surface area contributed by atoms with Gasteiger partial charge in [0.1, 0.15) is 11.6 Å². The maximum atomic E-state index is 14.7. The van der Waals surface area contributed by atoms with Gasteiger partial charge in [-0.25, -0.2) is 8.78 Å². The van der Waals surface area contributed by atoms with Gasteiger partial charge in [0, 0.05) is 17.8 Å². The highest BCUT2D eigenvalue weighted by atomic mass is 19.1. The van der Waals surface area contributed by atoms with Gasteiger partial charge < -0.3 is 14.8 Å². The van der Waals surface area contributed by atoms with Gasteiger partial charge in [-0.3, -0.25) is 4.79 Å². The van der Waals surface area contributed by atoms with Crippen molar-refractivity contribution in [1.82, 2.24) is 14.8 Å². The third-order valence-corrected chi connectivity index (χ3v) is 6.10. The third-order valence-electron chi connectivity index (χ3n) is 6.10. The van der Waals surface area contributed by atoms with Gasteiger partial charge in [0.15, 0.2) is 0 Å². The Kier molecular flexibility index (Phi) is 8.39. The molecule has 0 aliphatic rings. The van der Waals surface area contributed by atoms with E-state index in [0.717, 1.165) is 44.1 Å². The van der Waals surface area contributed by atoms with Crippen LogP contribution < -0.4 is 5.32 Å². The summed E-state index contributed by atoms with van der Waals surface area (Å²) in [5, 5.41) is 3.09. The van der Waals surface area contributed by atoms with E-state index in [1.54, 1.807) is 17.6 Å². The fraction of sp³-hybridized carbons (Fsp3) is 0.370. The van der Waals surface area contributed by atoms with Gasteiger partial charge in [0.05, 0.1) is 16.9 Å². The van der Waals surface area contributed by atoms with Crippen LogP contribution in [-0.4, -0.2) is 41.1 Å². The van der Waals surface area contributed by atoms with Crippen LogP contribution in [0, 0.1) is 18.6 Å². The monoisotopic (exact) mass is 453 g/mol. The highest BCUT2D eigenvalue weighted by Crippen LogP contribution is 2.31. The molecule has 2 aromatic carbocycles. The average Bonchev–Trinajstić information content (AvgIpc) is 3.14. The average molecular weight is 454 g/mol. The Morgan fingerprint density at radius 2 is 1.76 bits per heavy atom. The molecule has 0 bridgehead atoms. The van der Waals surface area contributed by atoms with Crippen molar-refractivity contribution >= 4 is 5.91 Å². The number of aromatic nitrogens is 1. The molecule has 1 amide bonds. The molecule has 6 heteroatoms. The van der Waals surface area contributed by atoms with E-state index in [9.17, 15) is 13.6 Å². The number of halogens is 2. The Morgan fingerprint density at radius 3 is 2.39 bits per heavy atom. The molecule has 176 valence electrons. The molecule has 1 heterocycles. The number of rotatable bonds is 10. The fourth-order valence-electron chi connectivity index (χ4n) is 4.17. The van der Waals surface area contributed by atoms with E-state index < -0.39 is 11.6 Å². The van der Waals surface area contributed by atoms with Gasteiger partial charge in [0.25, 0.3) is 5.91 Å². The zero-order valence-corrected chi connectivity index (χ0v) is 19.9. The molecule has 1 aromatic heterocycles. The van der Waals surface area contributed by atoms with Crippen LogP contribution in [0.2, 0.25) is 0 Å². The van der Waals surface area contributed by atoms with Crippen molar-refractivity contribution in [2.45, 2.75) is 46.6 Å². The van der Waals surface area contributed by atoms with Crippen LogP contribution in [0.4, 0.5) is 8.78 Å². The summed E-state index contributed by atoms with van der Waals surface area (Å²) in [5.41, 5.74) is 2.81. The van der Waals surface area contributed by atoms with E-state index in [1.165, 1.54) is 12.1 Å². The first-order valence-corrected chi connectivity index (χ1v) is 11.6. The SMILES string of the molecule is CCN(CC)CCCC(C)NC(=O)c1cc(-c2ccccc2)n(-c2ccc(F)cc2F)c1C. The first-order chi connectivity index (χ1) is 15.8. The summed E-state index contributed by atoms with van der Waals surface area (Å²) in [4.78, 5) is 15.5. The zero-order valence-electron chi connectivity index (χ0n) is 19.9. The lowest BCUT2D eigenvalue weighted by atomic mass is 10.1. The first-order valence-electron chi connectivity index (χ1n) is 11.6. The lowest BCUT2D eigenvalue weighted by Crippen LogP contribution is -2.34. The number of nitrogens with one attached hydrogen (secondary N) is 1. The summed E-state index contributed by atoms with van der Waals surface area (Å²) >= 11 is 0. The molecule has 4 nitrogen and oxygen atoms in total. The third kappa shape index (κ3) is 5.88. The Labute approximate surface area is 195 Å². The van der Waals surface area contributed by atoms with Gasteiger partial charge in [-0.2, -0.15) is 0 Å². The summed E-state index contributed by atoms with van der Waals surface area (Å²) < 4.78 is 30.0. The summed E-state index contributed by atoms with van der Waals surface area (Å²) in [6, 6.07) is 14.8. The van der Waals surface area contributed by atoms with Gasteiger partial charge in [-0.05, 0) is 70.1 Å². The Morgan fingerprint density at radius 1 is 1.06 bits per heavy atom. The maximum absolute atomic E-state index is 14.7. The minimum Gasteiger partial charge on any atom is -0.350 e. The first kappa shape index (κ1) is 24.6. The van der Waals surface area contributed by atoms with Crippen LogP contribution in [0.5, 0.6) is 0 Å². The number of carbonyl (C=O) groups is 1. The Bertz CT molecular complexity index is 1070. The normalized spacial score (nSPS) is 12.2. The van der Waals surface area contributed by atoms with Gasteiger partial charge in [-0.1, -0.05) is 44.2 Å². The van der Waals surface area contributed by atoms with Crippen molar-refractivity contribution < 1.29 is 13.6 Å². The van der Waals surface area contributed by atoms with Crippen LogP contribution in [-0.2, 0) is 0 Å². The van der Waals surface area contributed by atoms with E-state index >= 15 is 0 Å². The second-order valence-electron chi connectivity index (χ2n) is 8.37. The summed E-state index contributed by atoms with van der Waals surface area (Å²) in [6.07, 6.45) is 1.87. The fourth-order valence-corrected chi connectivity index (χ4v) is 4.17. The number of carbonyl (C=O) groups excluding carboxylic acids is 1. The largest absolute Gasteiger partial charge is 0.350 e. The van der Waals surface area contributed by atoms with Gasteiger partial charge >= 0.3 is 0 Å². The topological polar surface area (TPSA) is 37.3 Å². The van der Waals surface area contributed by atoms with Crippen LogP contribution in [0.1, 0.15) is 49.7 Å². The van der Waals surface area contributed by atoms with Crippen molar-refractivity contribution in [3.8, 4) is 16.9 Å². The standard InChI is InChI=1S/C27H33F2N3O/c1-5-31(6-2)16-10-11-19(3)30-27(33)23-18-26(21-12-8-7-9-13-21)32(20(23)4)25-15-14-22(28)17-24(25)29/h7-9,12-15,17-19H,5-6,10-11,16H2,1-4H3,(H,30,33). The van der Waals surface area contributed by atoms with Crippen molar-refractivity contribution in [2.75, 3.05) is 19.6 Å². The molecule has 0 spiro atoms. The molecule has 1 N–H and O–H groups in total. The molecule has 33 heavy (non-hydrogen) atoms. The Hall–Kier alpha value is -2.99. The minimum absolute atomic E-state index is 0.0125. The maximum Gasteiger partial charge on any atom is 0.253 e. The highest BCUT2D eigenvalue weighted by Gasteiger charge is 2.22. The van der Waals surface area contributed by atoms with Crippen molar-refractivity contribution in [2.24, 2.45) is 0 Å². The lowest BCUT2D eigenvalue weighted by Gasteiger charge is -2.19. The zero-order chi connectivity index (χ0) is 24.0. The molecular weight excluding hydrogens is 420 g/mol. The molecule has 0 fully saturated rings. The summed E-state index contributed by atoms with van der Waals surface area (Å²) in [7, 11) is 0. The van der Waals surface area contributed by atoms with Crippen molar-refractivity contribution in [3.05, 3.63) is 77.5 Å². The molecule has 0 saturated heterocycles. The molecule has 0 aliphatic heterocycles. The van der Waals surface area contributed by atoms with E-state index in [-0.39, 0.29) is 17.6 Å². The van der Waals surface area contributed by atoms with E-state index in [1.807, 2.05) is 37.3 Å². The Balaban J connectivity index is 1.88. The van der Waals surface area contributed by atoms with Crippen molar-refractivity contribution in [3.63, 3.8) is 0 Å². The second-order valence-corrected chi connectivity index (χ2v) is 8.37. The molecule has 0 radical (unpaired) electrons. The molecule has 3 rings (SSSR count). The summed E-state index contributed by atoms with van der Waals surface area (Å²) in [6.45, 7) is 11.1. The predicted octanol–water partition coefficient (Wildman–Crippen LogP) is 5.97. The minimum atomic E-state index is -0.678. The van der Waals surface area contributed by atoms with E-state index in [4.69, 9.17) is 0 Å². The number of hydrogen-bond acceptors (Lipinski definition) is 2. The smallest absolute Gasteiger partial charge is 0.253 e.